The van der Waals surface area contributed by atoms with Crippen molar-refractivity contribution in [3.05, 3.63) is 0 Å². The van der Waals surface area contributed by atoms with Gasteiger partial charge in [0.1, 0.15) is 0 Å². The number of nitrogens with two attached hydrogens (primary N) is 1. The van der Waals surface area contributed by atoms with Crippen LogP contribution in [0, 0.1) is 0 Å². The minimum Gasteiger partial charge on any atom is -0.343 e. The van der Waals surface area contributed by atoms with Gasteiger partial charge in [0.15, 0.2) is 0 Å². The van der Waals surface area contributed by atoms with Gasteiger partial charge in [-0.1, -0.05) is 6.92 Å². The Morgan fingerprint density at radius 1 is 1.86 bits per heavy atom. The van der Waals surface area contributed by atoms with Gasteiger partial charge in [-0.15, -0.1) is 0 Å². The molecule has 2 unspecified atom stereocenters. The largest absolute Gasteiger partial charge is 0.345 e. The Balaban J connectivity index is 2.53. The summed E-state index contributed by atoms with van der Waals surface area (Å²) in [5, 5.41) is 8.35. The molecule has 80 valence electrons. The molecule has 0 aromatic rings. The molecule has 5 nitrogen and oxygen atoms in total. The van der Waals surface area contributed by atoms with E-state index in [-0.39, 0.29) is 19.3 Å². The Hall–Kier alpha value is -0.585. The fraction of sp³-hybridized carbons (Fsp3) is 0.875. The van der Waals surface area contributed by atoms with Gasteiger partial charge in [-0.2, -0.15) is 0 Å². The summed E-state index contributed by atoms with van der Waals surface area (Å²) < 4.78 is 0. The molecule has 1 rings (SSSR count). The zero-order valence-corrected chi connectivity index (χ0v) is 8.48. The summed E-state index contributed by atoms with van der Waals surface area (Å²) in [5.41, 5.74) is 5.66. The standard InChI is InChI=1S/C8H17BN2O3/c1-2-6(10)8(12)11-5-3-4-7(11)9-14-13/h6-7,9,13H,2-5,10H2,1H3. The van der Waals surface area contributed by atoms with Crippen LogP contribution in [0.2, 0.25) is 0 Å². The van der Waals surface area contributed by atoms with Crippen LogP contribution in [0.1, 0.15) is 26.2 Å². The molecule has 0 saturated carbocycles. The molecule has 0 aromatic heterocycles. The molecule has 0 bridgehead atoms. The second-order valence-corrected chi connectivity index (χ2v) is 3.64. The Kier molecular flexibility index (Phi) is 4.38. The molecule has 2 atom stereocenters. The second kappa shape index (κ2) is 5.33. The maximum absolute atomic E-state index is 11.7. The van der Waals surface area contributed by atoms with Crippen molar-refractivity contribution in [3.8, 4) is 0 Å². The van der Waals surface area contributed by atoms with Crippen LogP contribution < -0.4 is 5.73 Å². The smallest absolute Gasteiger partial charge is 0.343 e. The quantitative estimate of drug-likeness (QED) is 0.365. The Bertz CT molecular complexity index is 203. The molecule has 0 aromatic carbocycles. The zero-order valence-electron chi connectivity index (χ0n) is 8.48. The van der Waals surface area contributed by atoms with E-state index in [1.165, 1.54) is 0 Å². The van der Waals surface area contributed by atoms with Crippen molar-refractivity contribution in [2.75, 3.05) is 6.54 Å². The van der Waals surface area contributed by atoms with Gasteiger partial charge >= 0.3 is 7.48 Å². The molecule has 1 aliphatic rings. The van der Waals surface area contributed by atoms with E-state index in [9.17, 15) is 4.79 Å². The highest BCUT2D eigenvalue weighted by Crippen LogP contribution is 2.17. The molecule has 0 radical (unpaired) electrons. The van der Waals surface area contributed by atoms with E-state index in [0.29, 0.717) is 6.42 Å². The molecule has 14 heavy (non-hydrogen) atoms. The number of rotatable bonds is 4. The summed E-state index contributed by atoms with van der Waals surface area (Å²) >= 11 is 0. The van der Waals surface area contributed by atoms with Crippen LogP contribution in [0.3, 0.4) is 0 Å². The first kappa shape index (κ1) is 11.5. The van der Waals surface area contributed by atoms with E-state index in [4.69, 9.17) is 11.0 Å². The van der Waals surface area contributed by atoms with Crippen molar-refractivity contribution in [1.29, 1.82) is 0 Å². The summed E-state index contributed by atoms with van der Waals surface area (Å²) in [7, 11) is 0.183. The van der Waals surface area contributed by atoms with Gasteiger partial charge in [0, 0.05) is 12.5 Å². The number of likely N-dealkylation sites (tertiary alicyclic amines) is 1. The molecule has 1 fully saturated rings. The van der Waals surface area contributed by atoms with Gasteiger partial charge in [-0.05, 0) is 19.3 Å². The number of hydrogen-bond donors (Lipinski definition) is 2. The maximum atomic E-state index is 11.7. The lowest BCUT2D eigenvalue weighted by molar-refractivity contribution is -0.144. The van der Waals surface area contributed by atoms with Crippen LogP contribution in [-0.4, -0.2) is 42.1 Å². The topological polar surface area (TPSA) is 75.8 Å². The molecule has 0 spiro atoms. The Morgan fingerprint density at radius 2 is 2.57 bits per heavy atom. The molecule has 6 heteroatoms. The summed E-state index contributed by atoms with van der Waals surface area (Å²) in [6.07, 6.45) is 2.47. The monoisotopic (exact) mass is 200 g/mol. The normalized spacial score (nSPS) is 23.6. The van der Waals surface area contributed by atoms with E-state index in [1.54, 1.807) is 4.90 Å². The molecule has 1 amide bonds. The van der Waals surface area contributed by atoms with Gasteiger partial charge in [-0.3, -0.25) is 10.1 Å². The first-order valence-corrected chi connectivity index (χ1v) is 5.03. The van der Waals surface area contributed by atoms with Crippen LogP contribution in [0.25, 0.3) is 0 Å². The summed E-state index contributed by atoms with van der Waals surface area (Å²) in [6.45, 7) is 2.61. The lowest BCUT2D eigenvalue weighted by Crippen LogP contribution is -2.47. The average molecular weight is 200 g/mol. The highest BCUT2D eigenvalue weighted by Gasteiger charge is 2.32. The zero-order chi connectivity index (χ0) is 10.6. The van der Waals surface area contributed by atoms with Crippen molar-refractivity contribution in [1.82, 2.24) is 4.90 Å². The van der Waals surface area contributed by atoms with E-state index >= 15 is 0 Å². The van der Waals surface area contributed by atoms with Crippen LogP contribution >= 0.6 is 0 Å². The highest BCUT2D eigenvalue weighted by molar-refractivity contribution is 6.30. The number of nitrogens with zero attached hydrogens (tertiary/aromatic N) is 1. The first-order valence-electron chi connectivity index (χ1n) is 5.03. The van der Waals surface area contributed by atoms with Crippen molar-refractivity contribution in [2.45, 2.75) is 38.2 Å². The molecule has 0 aliphatic carbocycles. The Morgan fingerprint density at radius 3 is 3.14 bits per heavy atom. The van der Waals surface area contributed by atoms with Crippen molar-refractivity contribution >= 4 is 13.4 Å². The Labute approximate surface area is 84.4 Å². The van der Waals surface area contributed by atoms with Crippen LogP contribution in [0.4, 0.5) is 0 Å². The van der Waals surface area contributed by atoms with Crippen molar-refractivity contribution < 1.29 is 14.9 Å². The van der Waals surface area contributed by atoms with E-state index < -0.39 is 6.04 Å². The number of hydrogen-bond acceptors (Lipinski definition) is 4. The first-order chi connectivity index (χ1) is 6.70. The molecular formula is C8H17BN2O3. The third-order valence-corrected chi connectivity index (χ3v) is 2.68. The summed E-state index contributed by atoms with van der Waals surface area (Å²) in [6, 6.07) is -0.422. The van der Waals surface area contributed by atoms with Gasteiger partial charge < -0.3 is 15.4 Å². The minimum absolute atomic E-state index is 0.00917. The molecule has 3 N–H and O–H groups in total. The van der Waals surface area contributed by atoms with Crippen LogP contribution in [0.15, 0.2) is 0 Å². The minimum atomic E-state index is -0.422. The van der Waals surface area contributed by atoms with E-state index in [2.05, 4.69) is 4.81 Å². The number of carbonyl (C=O) groups is 1. The number of carbonyl (C=O) groups excluding carboxylic acids is 1. The van der Waals surface area contributed by atoms with Gasteiger partial charge in [0.25, 0.3) is 0 Å². The summed E-state index contributed by atoms with van der Waals surface area (Å²) in [5.74, 6) is -0.0443. The predicted molar refractivity (Wildman–Crippen MR) is 53.9 cm³/mol. The lowest BCUT2D eigenvalue weighted by atomic mass is 9.86. The van der Waals surface area contributed by atoms with Crippen LogP contribution in [0.5, 0.6) is 0 Å². The highest BCUT2D eigenvalue weighted by atomic mass is 17.1. The van der Waals surface area contributed by atoms with Gasteiger partial charge in [0.05, 0.1) is 6.04 Å². The maximum Gasteiger partial charge on any atom is 0.345 e. The molecular weight excluding hydrogens is 183 g/mol. The average Bonchev–Trinajstić information content (AvgIpc) is 2.64. The fourth-order valence-electron chi connectivity index (χ4n) is 1.77. The summed E-state index contributed by atoms with van der Waals surface area (Å²) in [4.78, 5) is 17.5. The van der Waals surface area contributed by atoms with E-state index in [0.717, 1.165) is 19.4 Å². The molecule has 1 heterocycles. The molecule has 1 aliphatic heterocycles. The van der Waals surface area contributed by atoms with Crippen LogP contribution in [-0.2, 0) is 9.60 Å². The lowest BCUT2D eigenvalue weighted by Gasteiger charge is -2.25. The van der Waals surface area contributed by atoms with E-state index in [1.807, 2.05) is 6.92 Å². The second-order valence-electron chi connectivity index (χ2n) is 3.64. The van der Waals surface area contributed by atoms with Crippen molar-refractivity contribution in [2.24, 2.45) is 5.73 Å². The SMILES string of the molecule is CCC(N)C(=O)N1CCCC1BOO. The molecule has 1 saturated heterocycles. The van der Waals surface area contributed by atoms with Crippen molar-refractivity contribution in [3.63, 3.8) is 0 Å². The van der Waals surface area contributed by atoms with Gasteiger partial charge in [-0.25, -0.2) is 0 Å². The number of amides is 1. The third-order valence-electron chi connectivity index (χ3n) is 2.68. The predicted octanol–water partition coefficient (Wildman–Crippen LogP) is -0.487. The fourth-order valence-corrected chi connectivity index (χ4v) is 1.77. The van der Waals surface area contributed by atoms with Gasteiger partial charge in [0.2, 0.25) is 5.91 Å². The third kappa shape index (κ3) is 2.46.